The van der Waals surface area contributed by atoms with Crippen LogP contribution >= 0.6 is 0 Å². The first-order valence-electron chi connectivity index (χ1n) is 8.83. The number of nitrogens with one attached hydrogen (secondary N) is 2. The van der Waals surface area contributed by atoms with Gasteiger partial charge >= 0.3 is 6.18 Å². The van der Waals surface area contributed by atoms with Crippen LogP contribution in [0.3, 0.4) is 0 Å². The van der Waals surface area contributed by atoms with Gasteiger partial charge in [0.1, 0.15) is 5.69 Å². The second-order valence-corrected chi connectivity index (χ2v) is 6.48. The first-order chi connectivity index (χ1) is 14.2. The summed E-state index contributed by atoms with van der Waals surface area (Å²) in [5.74, 6) is -0.618. The lowest BCUT2D eigenvalue weighted by atomic mass is 10.2. The van der Waals surface area contributed by atoms with E-state index in [-0.39, 0.29) is 40.8 Å². The molecule has 2 heterocycles. The molecule has 0 radical (unpaired) electrons. The average molecular weight is 422 g/mol. The van der Waals surface area contributed by atoms with Crippen molar-refractivity contribution in [2.75, 3.05) is 17.7 Å². The normalized spacial score (nSPS) is 11.5. The van der Waals surface area contributed by atoms with Gasteiger partial charge in [-0.2, -0.15) is 28.1 Å². The molecule has 2 N–H and O–H groups in total. The van der Waals surface area contributed by atoms with Crippen molar-refractivity contribution in [2.24, 2.45) is 0 Å². The number of halogens is 4. The predicted molar refractivity (Wildman–Crippen MR) is 103 cm³/mol. The van der Waals surface area contributed by atoms with Crippen molar-refractivity contribution >= 4 is 17.6 Å². The SMILES string of the molecule is COc1cccc(-c2nc(Nc3ccnc(C(F)(F)F)c3)nc(NC(C)C)n2)c1F. The van der Waals surface area contributed by atoms with Crippen LogP contribution in [-0.2, 0) is 6.18 Å². The molecule has 1 aromatic carbocycles. The number of methoxy groups -OCH3 is 1. The molecule has 0 unspecified atom stereocenters. The Morgan fingerprint density at radius 3 is 2.43 bits per heavy atom. The number of pyridine rings is 1. The van der Waals surface area contributed by atoms with E-state index < -0.39 is 17.7 Å². The second-order valence-electron chi connectivity index (χ2n) is 6.48. The number of hydrogen-bond donors (Lipinski definition) is 2. The van der Waals surface area contributed by atoms with Gasteiger partial charge in [-0.15, -0.1) is 0 Å². The van der Waals surface area contributed by atoms with Crippen LogP contribution in [0.1, 0.15) is 19.5 Å². The number of benzene rings is 1. The molecule has 0 bridgehead atoms. The van der Waals surface area contributed by atoms with Gasteiger partial charge < -0.3 is 15.4 Å². The summed E-state index contributed by atoms with van der Waals surface area (Å²) < 4.78 is 58.4. The number of ether oxygens (including phenoxy) is 1. The Labute approximate surface area is 169 Å². The molecular formula is C19H18F4N6O. The average Bonchev–Trinajstić information content (AvgIpc) is 2.67. The maximum absolute atomic E-state index is 14.7. The summed E-state index contributed by atoms with van der Waals surface area (Å²) in [6, 6.07) is 6.58. The Balaban J connectivity index is 2.04. The van der Waals surface area contributed by atoms with Crippen LogP contribution in [0.15, 0.2) is 36.5 Å². The lowest BCUT2D eigenvalue weighted by molar-refractivity contribution is -0.141. The number of rotatable bonds is 6. The molecule has 0 aliphatic rings. The molecule has 0 saturated heterocycles. The third-order valence-corrected chi connectivity index (χ3v) is 3.78. The Morgan fingerprint density at radius 1 is 1.03 bits per heavy atom. The van der Waals surface area contributed by atoms with E-state index in [9.17, 15) is 17.6 Å². The smallest absolute Gasteiger partial charge is 0.433 e. The topological polar surface area (TPSA) is 84.8 Å². The van der Waals surface area contributed by atoms with E-state index in [0.29, 0.717) is 0 Å². The zero-order chi connectivity index (χ0) is 21.9. The monoisotopic (exact) mass is 422 g/mol. The maximum Gasteiger partial charge on any atom is 0.433 e. The molecule has 3 aromatic rings. The standard InChI is InChI=1S/C19H18F4N6O/c1-10(2)25-17-27-16(12-5-4-6-13(30-3)15(12)20)28-18(29-17)26-11-7-8-24-14(9-11)19(21,22)23/h4-10H,1-3H3,(H2,24,25,26,27,28,29). The van der Waals surface area contributed by atoms with Crippen molar-refractivity contribution in [1.29, 1.82) is 0 Å². The summed E-state index contributed by atoms with van der Waals surface area (Å²) in [5.41, 5.74) is -0.949. The summed E-state index contributed by atoms with van der Waals surface area (Å²) in [4.78, 5) is 15.9. The van der Waals surface area contributed by atoms with Gasteiger partial charge in [0.05, 0.1) is 12.7 Å². The molecule has 0 saturated carbocycles. The minimum atomic E-state index is -4.60. The number of anilines is 3. The Hall–Kier alpha value is -3.50. The molecule has 2 aromatic heterocycles. The number of hydrogen-bond acceptors (Lipinski definition) is 7. The van der Waals surface area contributed by atoms with Gasteiger partial charge in [-0.1, -0.05) is 6.07 Å². The summed E-state index contributed by atoms with van der Waals surface area (Å²) in [6.07, 6.45) is -3.59. The van der Waals surface area contributed by atoms with Gasteiger partial charge in [-0.05, 0) is 38.1 Å². The van der Waals surface area contributed by atoms with Gasteiger partial charge in [-0.25, -0.2) is 4.39 Å². The van der Waals surface area contributed by atoms with E-state index in [1.54, 1.807) is 6.07 Å². The van der Waals surface area contributed by atoms with Crippen molar-refractivity contribution < 1.29 is 22.3 Å². The van der Waals surface area contributed by atoms with E-state index in [1.807, 2.05) is 13.8 Å². The van der Waals surface area contributed by atoms with Crippen LogP contribution in [0.4, 0.5) is 35.1 Å². The fourth-order valence-corrected chi connectivity index (χ4v) is 2.51. The first kappa shape index (κ1) is 21.2. The summed E-state index contributed by atoms with van der Waals surface area (Å²) in [5, 5.41) is 5.67. The van der Waals surface area contributed by atoms with E-state index >= 15 is 0 Å². The second kappa shape index (κ2) is 8.47. The number of alkyl halides is 3. The van der Waals surface area contributed by atoms with Gasteiger partial charge in [0.2, 0.25) is 11.9 Å². The van der Waals surface area contributed by atoms with Crippen LogP contribution in [0, 0.1) is 5.82 Å². The molecule has 0 aliphatic heterocycles. The third kappa shape index (κ3) is 4.91. The molecule has 0 fully saturated rings. The minimum Gasteiger partial charge on any atom is -0.494 e. The fourth-order valence-electron chi connectivity index (χ4n) is 2.51. The summed E-state index contributed by atoms with van der Waals surface area (Å²) in [6.45, 7) is 3.70. The molecule has 11 heteroatoms. The highest BCUT2D eigenvalue weighted by atomic mass is 19.4. The molecule has 30 heavy (non-hydrogen) atoms. The zero-order valence-corrected chi connectivity index (χ0v) is 16.3. The largest absolute Gasteiger partial charge is 0.494 e. The lowest BCUT2D eigenvalue weighted by Gasteiger charge is -2.13. The predicted octanol–water partition coefficient (Wildman–Crippen LogP) is 4.66. The van der Waals surface area contributed by atoms with Crippen molar-refractivity contribution in [3.8, 4) is 17.1 Å². The molecule has 0 aliphatic carbocycles. The van der Waals surface area contributed by atoms with E-state index in [1.165, 1.54) is 25.3 Å². The van der Waals surface area contributed by atoms with Gasteiger partial charge in [-0.3, -0.25) is 4.98 Å². The highest BCUT2D eigenvalue weighted by Crippen LogP contribution is 2.30. The van der Waals surface area contributed by atoms with Crippen LogP contribution in [0.5, 0.6) is 5.75 Å². The summed E-state index contributed by atoms with van der Waals surface area (Å²) in [7, 11) is 1.33. The van der Waals surface area contributed by atoms with Crippen LogP contribution in [-0.4, -0.2) is 33.1 Å². The molecule has 0 atom stereocenters. The van der Waals surface area contributed by atoms with Gasteiger partial charge in [0.15, 0.2) is 17.4 Å². The van der Waals surface area contributed by atoms with Crippen molar-refractivity contribution in [2.45, 2.75) is 26.1 Å². The fraction of sp³-hybridized carbons (Fsp3) is 0.263. The quantitative estimate of drug-likeness (QED) is 0.559. The minimum absolute atomic E-state index is 0.00439. The van der Waals surface area contributed by atoms with Crippen molar-refractivity contribution in [3.05, 3.63) is 48.0 Å². The molecule has 0 spiro atoms. The van der Waals surface area contributed by atoms with Gasteiger partial charge in [0, 0.05) is 17.9 Å². The van der Waals surface area contributed by atoms with Crippen LogP contribution in [0.2, 0.25) is 0 Å². The molecule has 158 valence electrons. The number of aromatic nitrogens is 4. The van der Waals surface area contributed by atoms with Gasteiger partial charge in [0.25, 0.3) is 0 Å². The van der Waals surface area contributed by atoms with Crippen molar-refractivity contribution in [3.63, 3.8) is 0 Å². The number of nitrogens with zero attached hydrogens (tertiary/aromatic N) is 4. The van der Waals surface area contributed by atoms with E-state index in [2.05, 4.69) is 30.6 Å². The third-order valence-electron chi connectivity index (χ3n) is 3.78. The molecular weight excluding hydrogens is 404 g/mol. The Kier molecular flexibility index (Phi) is 5.99. The lowest BCUT2D eigenvalue weighted by Crippen LogP contribution is -2.15. The van der Waals surface area contributed by atoms with Crippen LogP contribution in [0.25, 0.3) is 11.4 Å². The summed E-state index contributed by atoms with van der Waals surface area (Å²) >= 11 is 0. The molecule has 0 amide bonds. The van der Waals surface area contributed by atoms with Crippen LogP contribution < -0.4 is 15.4 Å². The van der Waals surface area contributed by atoms with E-state index in [4.69, 9.17) is 4.74 Å². The first-order valence-corrected chi connectivity index (χ1v) is 8.83. The van der Waals surface area contributed by atoms with Crippen molar-refractivity contribution in [1.82, 2.24) is 19.9 Å². The maximum atomic E-state index is 14.7. The molecule has 7 nitrogen and oxygen atoms in total. The van der Waals surface area contributed by atoms with E-state index in [0.717, 1.165) is 12.3 Å². The highest BCUT2D eigenvalue weighted by molar-refractivity contribution is 5.63. The Morgan fingerprint density at radius 2 is 1.77 bits per heavy atom. The zero-order valence-electron chi connectivity index (χ0n) is 16.3. The molecule has 3 rings (SSSR count). The Bertz CT molecular complexity index is 1040. The highest BCUT2D eigenvalue weighted by Gasteiger charge is 2.32.